The van der Waals surface area contributed by atoms with Crippen molar-refractivity contribution in [1.82, 2.24) is 5.32 Å². The highest BCUT2D eigenvalue weighted by Crippen LogP contribution is 2.12. The van der Waals surface area contributed by atoms with Crippen LogP contribution in [0.1, 0.15) is 60.8 Å². The second-order valence-electron chi connectivity index (χ2n) is 5.99. The maximum absolute atomic E-state index is 5.74. The molecule has 16 heavy (non-hydrogen) atoms. The molecule has 0 spiro atoms. The minimum Gasteiger partial charge on any atom is -0.376 e. The Balaban J connectivity index is 3.67. The Labute approximate surface area is 102 Å². The third-order valence-electron chi connectivity index (χ3n) is 2.48. The smallest absolute Gasteiger partial charge is 0.0598 e. The SMILES string of the molecule is CCNC(CCCOC(C)(C)C)CC(C)C. The molecule has 0 aromatic carbocycles. The first-order valence-corrected chi connectivity index (χ1v) is 6.72. The van der Waals surface area contributed by atoms with Crippen LogP contribution in [0, 0.1) is 5.92 Å². The molecule has 98 valence electrons. The third kappa shape index (κ3) is 10.4. The van der Waals surface area contributed by atoms with E-state index in [1.807, 2.05) is 0 Å². The van der Waals surface area contributed by atoms with E-state index in [-0.39, 0.29) is 5.60 Å². The van der Waals surface area contributed by atoms with Gasteiger partial charge in [0.25, 0.3) is 0 Å². The van der Waals surface area contributed by atoms with Gasteiger partial charge in [-0.3, -0.25) is 0 Å². The van der Waals surface area contributed by atoms with Crippen LogP contribution < -0.4 is 5.32 Å². The second-order valence-corrected chi connectivity index (χ2v) is 5.99. The van der Waals surface area contributed by atoms with E-state index >= 15 is 0 Å². The summed E-state index contributed by atoms with van der Waals surface area (Å²) >= 11 is 0. The van der Waals surface area contributed by atoms with Crippen LogP contribution in [0.2, 0.25) is 0 Å². The molecule has 0 aliphatic carbocycles. The lowest BCUT2D eigenvalue weighted by atomic mass is 10.00. The third-order valence-corrected chi connectivity index (χ3v) is 2.48. The normalized spacial score (nSPS) is 14.4. The monoisotopic (exact) mass is 229 g/mol. The van der Waals surface area contributed by atoms with Crippen molar-refractivity contribution in [1.29, 1.82) is 0 Å². The Kier molecular flexibility index (Phi) is 8.04. The molecule has 1 unspecified atom stereocenters. The van der Waals surface area contributed by atoms with Crippen molar-refractivity contribution in [2.24, 2.45) is 5.92 Å². The molecule has 0 saturated heterocycles. The number of hydrogen-bond donors (Lipinski definition) is 1. The van der Waals surface area contributed by atoms with Gasteiger partial charge in [0, 0.05) is 12.6 Å². The number of hydrogen-bond acceptors (Lipinski definition) is 2. The average molecular weight is 229 g/mol. The predicted molar refractivity (Wildman–Crippen MR) is 71.9 cm³/mol. The molecule has 2 heteroatoms. The van der Waals surface area contributed by atoms with Crippen molar-refractivity contribution >= 4 is 0 Å². The fourth-order valence-electron chi connectivity index (χ4n) is 1.87. The van der Waals surface area contributed by atoms with Crippen LogP contribution in [0.25, 0.3) is 0 Å². The van der Waals surface area contributed by atoms with Crippen molar-refractivity contribution in [3.8, 4) is 0 Å². The summed E-state index contributed by atoms with van der Waals surface area (Å²) in [4.78, 5) is 0. The molecule has 0 aromatic heterocycles. The fraction of sp³-hybridized carbons (Fsp3) is 1.00. The molecule has 0 rings (SSSR count). The van der Waals surface area contributed by atoms with Crippen molar-refractivity contribution in [3.63, 3.8) is 0 Å². The molecule has 0 aliphatic heterocycles. The largest absolute Gasteiger partial charge is 0.376 e. The van der Waals surface area contributed by atoms with Gasteiger partial charge in [0.05, 0.1) is 5.60 Å². The zero-order valence-corrected chi connectivity index (χ0v) is 12.1. The molecule has 0 heterocycles. The summed E-state index contributed by atoms with van der Waals surface area (Å²) in [7, 11) is 0. The minimum absolute atomic E-state index is 0.00568. The summed E-state index contributed by atoms with van der Waals surface area (Å²) < 4.78 is 5.74. The summed E-state index contributed by atoms with van der Waals surface area (Å²) in [5.41, 5.74) is 0.00568. The zero-order chi connectivity index (χ0) is 12.6. The van der Waals surface area contributed by atoms with E-state index in [9.17, 15) is 0 Å². The van der Waals surface area contributed by atoms with Gasteiger partial charge < -0.3 is 10.1 Å². The molecule has 1 N–H and O–H groups in total. The Morgan fingerprint density at radius 2 is 1.81 bits per heavy atom. The predicted octanol–water partition coefficient (Wildman–Crippen LogP) is 3.61. The highest BCUT2D eigenvalue weighted by molar-refractivity contribution is 4.68. The van der Waals surface area contributed by atoms with Gasteiger partial charge in [0.1, 0.15) is 0 Å². The van der Waals surface area contributed by atoms with Crippen molar-refractivity contribution in [2.45, 2.75) is 72.4 Å². The topological polar surface area (TPSA) is 21.3 Å². The number of rotatable bonds is 8. The molecule has 2 nitrogen and oxygen atoms in total. The maximum Gasteiger partial charge on any atom is 0.0598 e. The van der Waals surface area contributed by atoms with Crippen LogP contribution in [0.15, 0.2) is 0 Å². The maximum atomic E-state index is 5.74. The van der Waals surface area contributed by atoms with Crippen LogP contribution in [0.3, 0.4) is 0 Å². The van der Waals surface area contributed by atoms with Crippen molar-refractivity contribution in [3.05, 3.63) is 0 Å². The van der Waals surface area contributed by atoms with E-state index in [0.717, 1.165) is 25.5 Å². The molecule has 0 bridgehead atoms. The second kappa shape index (κ2) is 8.08. The Morgan fingerprint density at radius 1 is 1.19 bits per heavy atom. The molecule has 0 aliphatic rings. The fourth-order valence-corrected chi connectivity index (χ4v) is 1.87. The lowest BCUT2D eigenvalue weighted by Gasteiger charge is -2.22. The van der Waals surface area contributed by atoms with Crippen molar-refractivity contribution < 1.29 is 4.74 Å². The van der Waals surface area contributed by atoms with Gasteiger partial charge in [0.15, 0.2) is 0 Å². The average Bonchev–Trinajstić information content (AvgIpc) is 2.10. The number of ether oxygens (including phenoxy) is 1. The van der Waals surface area contributed by atoms with Crippen molar-refractivity contribution in [2.75, 3.05) is 13.2 Å². The van der Waals surface area contributed by atoms with E-state index in [1.54, 1.807) is 0 Å². The Bertz CT molecular complexity index is 161. The zero-order valence-electron chi connectivity index (χ0n) is 12.1. The molecule has 0 amide bonds. The standard InChI is InChI=1S/C14H31NO/c1-7-15-13(11-12(2)3)9-8-10-16-14(4,5)6/h12-13,15H,7-11H2,1-6H3. The van der Waals surface area contributed by atoms with Gasteiger partial charge in [-0.25, -0.2) is 0 Å². The van der Waals surface area contributed by atoms with E-state index in [0.29, 0.717) is 6.04 Å². The quantitative estimate of drug-likeness (QED) is 0.642. The summed E-state index contributed by atoms with van der Waals surface area (Å²) in [5.74, 6) is 0.771. The molecule has 0 fully saturated rings. The van der Waals surface area contributed by atoms with Crippen LogP contribution in [0.4, 0.5) is 0 Å². The highest BCUT2D eigenvalue weighted by atomic mass is 16.5. The van der Waals surface area contributed by atoms with Gasteiger partial charge in [-0.1, -0.05) is 20.8 Å². The summed E-state index contributed by atoms with van der Waals surface area (Å²) in [6, 6.07) is 0.661. The summed E-state index contributed by atoms with van der Waals surface area (Å²) in [5, 5.41) is 3.56. The van der Waals surface area contributed by atoms with Crippen LogP contribution in [-0.2, 0) is 4.74 Å². The van der Waals surface area contributed by atoms with Gasteiger partial charge in [-0.05, 0) is 52.5 Å². The Hall–Kier alpha value is -0.0800. The van der Waals surface area contributed by atoms with E-state index in [1.165, 1.54) is 12.8 Å². The van der Waals surface area contributed by atoms with E-state index < -0.39 is 0 Å². The highest BCUT2D eigenvalue weighted by Gasteiger charge is 2.12. The lowest BCUT2D eigenvalue weighted by molar-refractivity contribution is -0.00554. The van der Waals surface area contributed by atoms with Gasteiger partial charge >= 0.3 is 0 Å². The molecular formula is C14H31NO. The van der Waals surface area contributed by atoms with Gasteiger partial charge in [-0.15, -0.1) is 0 Å². The van der Waals surface area contributed by atoms with Gasteiger partial charge in [-0.2, -0.15) is 0 Å². The minimum atomic E-state index is 0.00568. The van der Waals surface area contributed by atoms with Crippen LogP contribution in [0.5, 0.6) is 0 Å². The molecular weight excluding hydrogens is 198 g/mol. The van der Waals surface area contributed by atoms with Crippen LogP contribution >= 0.6 is 0 Å². The molecule has 1 atom stereocenters. The van der Waals surface area contributed by atoms with E-state index in [4.69, 9.17) is 4.74 Å². The van der Waals surface area contributed by atoms with Gasteiger partial charge in [0.2, 0.25) is 0 Å². The molecule has 0 aromatic rings. The first-order chi connectivity index (χ1) is 7.35. The molecule has 0 saturated carbocycles. The van der Waals surface area contributed by atoms with Crippen LogP contribution in [-0.4, -0.2) is 24.8 Å². The lowest BCUT2D eigenvalue weighted by Crippen LogP contribution is -2.31. The first-order valence-electron chi connectivity index (χ1n) is 6.72. The first kappa shape index (κ1) is 15.9. The summed E-state index contributed by atoms with van der Waals surface area (Å²) in [6.07, 6.45) is 3.65. The molecule has 0 radical (unpaired) electrons. The van der Waals surface area contributed by atoms with E-state index in [2.05, 4.69) is 46.9 Å². The Morgan fingerprint density at radius 3 is 2.25 bits per heavy atom. The summed E-state index contributed by atoms with van der Waals surface area (Å²) in [6.45, 7) is 15.0. The number of nitrogens with one attached hydrogen (secondary N) is 1.